The van der Waals surface area contributed by atoms with E-state index < -0.39 is 0 Å². The minimum absolute atomic E-state index is 0.317. The molecule has 0 bridgehead atoms. The molecule has 0 spiro atoms. The van der Waals surface area contributed by atoms with Gasteiger partial charge in [-0.2, -0.15) is 0 Å². The summed E-state index contributed by atoms with van der Waals surface area (Å²) < 4.78 is 5.81. The Hall–Kier alpha value is -0.900. The van der Waals surface area contributed by atoms with Crippen molar-refractivity contribution in [3.63, 3.8) is 0 Å². The van der Waals surface area contributed by atoms with Crippen LogP contribution < -0.4 is 5.32 Å². The van der Waals surface area contributed by atoms with Crippen LogP contribution in [0.15, 0.2) is 24.3 Å². The summed E-state index contributed by atoms with van der Waals surface area (Å²) in [7, 11) is 2.21. The van der Waals surface area contributed by atoms with Crippen molar-refractivity contribution in [1.29, 1.82) is 0 Å². The molecule has 3 nitrogen and oxygen atoms in total. The van der Waals surface area contributed by atoms with Gasteiger partial charge in [0, 0.05) is 25.7 Å². The average molecular weight is 276 g/mol. The summed E-state index contributed by atoms with van der Waals surface area (Å²) in [6.07, 6.45) is 2.55. The number of hydrogen-bond acceptors (Lipinski definition) is 3. The summed E-state index contributed by atoms with van der Waals surface area (Å²) in [5.41, 5.74) is 2.82. The van der Waals surface area contributed by atoms with Crippen LogP contribution >= 0.6 is 0 Å². The van der Waals surface area contributed by atoms with Gasteiger partial charge in [0.2, 0.25) is 0 Å². The number of morpholine rings is 1. The van der Waals surface area contributed by atoms with Crippen LogP contribution in [0.2, 0.25) is 0 Å². The summed E-state index contributed by atoms with van der Waals surface area (Å²) >= 11 is 0. The molecule has 1 N–H and O–H groups in total. The van der Waals surface area contributed by atoms with E-state index in [1.165, 1.54) is 11.1 Å². The lowest BCUT2D eigenvalue weighted by Crippen LogP contribution is -2.45. The molecule has 2 rings (SSSR count). The molecule has 1 aliphatic heterocycles. The van der Waals surface area contributed by atoms with Crippen molar-refractivity contribution >= 4 is 0 Å². The van der Waals surface area contributed by atoms with Crippen molar-refractivity contribution in [3.05, 3.63) is 35.4 Å². The standard InChI is InChI=1S/C17H28N2O/c1-4-14-6-8-15(9-7-14)17(5-2)19(3)13-16-12-18-10-11-20-16/h6-9,16-18H,4-5,10-13H2,1-3H3. The molecule has 0 amide bonds. The highest BCUT2D eigenvalue weighted by atomic mass is 16.5. The molecule has 20 heavy (non-hydrogen) atoms. The molecular formula is C17H28N2O. The van der Waals surface area contributed by atoms with E-state index in [0.29, 0.717) is 12.1 Å². The second-order valence-electron chi connectivity index (χ2n) is 5.66. The molecular weight excluding hydrogens is 248 g/mol. The molecule has 0 radical (unpaired) electrons. The molecule has 0 aliphatic carbocycles. The largest absolute Gasteiger partial charge is 0.374 e. The average Bonchev–Trinajstić information content (AvgIpc) is 2.49. The fourth-order valence-electron chi connectivity index (χ4n) is 2.96. The normalized spacial score (nSPS) is 21.1. The number of aryl methyl sites for hydroxylation is 1. The number of likely N-dealkylation sites (N-methyl/N-ethyl adjacent to an activating group) is 1. The number of rotatable bonds is 6. The zero-order valence-corrected chi connectivity index (χ0v) is 13.1. The van der Waals surface area contributed by atoms with Gasteiger partial charge in [-0.3, -0.25) is 4.90 Å². The third-order valence-electron chi connectivity index (χ3n) is 4.19. The van der Waals surface area contributed by atoms with E-state index in [1.54, 1.807) is 0 Å². The van der Waals surface area contributed by atoms with Gasteiger partial charge in [0.15, 0.2) is 0 Å². The predicted molar refractivity (Wildman–Crippen MR) is 84.1 cm³/mol. The molecule has 1 heterocycles. The molecule has 1 aromatic carbocycles. The summed E-state index contributed by atoms with van der Waals surface area (Å²) in [6, 6.07) is 9.55. The second-order valence-corrected chi connectivity index (χ2v) is 5.66. The first-order chi connectivity index (χ1) is 9.74. The lowest BCUT2D eigenvalue weighted by molar-refractivity contribution is 0.00227. The van der Waals surface area contributed by atoms with Crippen LogP contribution in [0.5, 0.6) is 0 Å². The van der Waals surface area contributed by atoms with Crippen molar-refractivity contribution in [3.8, 4) is 0 Å². The number of nitrogens with one attached hydrogen (secondary N) is 1. The highest BCUT2D eigenvalue weighted by Crippen LogP contribution is 2.24. The maximum Gasteiger partial charge on any atom is 0.0826 e. The lowest BCUT2D eigenvalue weighted by Gasteiger charge is -2.33. The molecule has 0 saturated carbocycles. The summed E-state index contributed by atoms with van der Waals surface area (Å²) in [5, 5.41) is 3.40. The number of nitrogens with zero attached hydrogens (tertiary/aromatic N) is 1. The molecule has 1 fully saturated rings. The van der Waals surface area contributed by atoms with E-state index in [0.717, 1.165) is 39.1 Å². The third kappa shape index (κ3) is 4.05. The van der Waals surface area contributed by atoms with Gasteiger partial charge in [0.25, 0.3) is 0 Å². The number of ether oxygens (including phenoxy) is 1. The van der Waals surface area contributed by atoms with Crippen LogP contribution in [-0.2, 0) is 11.2 Å². The fraction of sp³-hybridized carbons (Fsp3) is 0.647. The van der Waals surface area contributed by atoms with Gasteiger partial charge in [-0.25, -0.2) is 0 Å². The molecule has 2 unspecified atom stereocenters. The van der Waals surface area contributed by atoms with Gasteiger partial charge in [-0.05, 0) is 31.0 Å². The second kappa shape index (κ2) is 7.77. The Bertz CT molecular complexity index is 384. The Balaban J connectivity index is 1.98. The Morgan fingerprint density at radius 3 is 2.60 bits per heavy atom. The summed E-state index contributed by atoms with van der Waals surface area (Å²) in [5.74, 6) is 0. The lowest BCUT2D eigenvalue weighted by atomic mass is 10.0. The fourth-order valence-corrected chi connectivity index (χ4v) is 2.96. The molecule has 1 saturated heterocycles. The highest BCUT2D eigenvalue weighted by molar-refractivity contribution is 5.25. The minimum atomic E-state index is 0.317. The maximum atomic E-state index is 5.81. The summed E-state index contributed by atoms with van der Waals surface area (Å²) in [6.45, 7) is 8.23. The maximum absolute atomic E-state index is 5.81. The van der Waals surface area contributed by atoms with Crippen molar-refractivity contribution in [2.75, 3.05) is 33.3 Å². The van der Waals surface area contributed by atoms with Gasteiger partial charge in [-0.1, -0.05) is 38.1 Å². The minimum Gasteiger partial charge on any atom is -0.374 e. The van der Waals surface area contributed by atoms with E-state index in [1.807, 2.05) is 0 Å². The first kappa shape index (κ1) is 15.5. The van der Waals surface area contributed by atoms with E-state index in [4.69, 9.17) is 4.74 Å². The molecule has 2 atom stereocenters. The number of hydrogen-bond donors (Lipinski definition) is 1. The van der Waals surface area contributed by atoms with Crippen LogP contribution in [0.1, 0.15) is 37.4 Å². The van der Waals surface area contributed by atoms with Crippen LogP contribution in [0.3, 0.4) is 0 Å². The first-order valence-electron chi connectivity index (χ1n) is 7.86. The topological polar surface area (TPSA) is 24.5 Å². The quantitative estimate of drug-likeness (QED) is 0.864. The van der Waals surface area contributed by atoms with Gasteiger partial charge < -0.3 is 10.1 Å². The predicted octanol–water partition coefficient (Wildman–Crippen LogP) is 2.62. The molecule has 112 valence electrons. The Kier molecular flexibility index (Phi) is 6.02. The number of benzene rings is 1. The van der Waals surface area contributed by atoms with E-state index >= 15 is 0 Å². The van der Waals surface area contributed by atoms with Crippen molar-refractivity contribution in [1.82, 2.24) is 10.2 Å². The molecule has 0 aromatic heterocycles. The SMILES string of the molecule is CCc1ccc(C(CC)N(C)CC2CNCCO2)cc1. The van der Waals surface area contributed by atoms with Crippen molar-refractivity contribution in [2.45, 2.75) is 38.8 Å². The van der Waals surface area contributed by atoms with Gasteiger partial charge in [-0.15, -0.1) is 0 Å². The van der Waals surface area contributed by atoms with Crippen LogP contribution in [-0.4, -0.2) is 44.3 Å². The van der Waals surface area contributed by atoms with E-state index in [2.05, 4.69) is 55.4 Å². The van der Waals surface area contributed by atoms with Crippen molar-refractivity contribution < 1.29 is 4.74 Å². The Morgan fingerprint density at radius 2 is 2.05 bits per heavy atom. The highest BCUT2D eigenvalue weighted by Gasteiger charge is 2.21. The van der Waals surface area contributed by atoms with Crippen molar-refractivity contribution in [2.24, 2.45) is 0 Å². The molecule has 1 aromatic rings. The zero-order valence-electron chi connectivity index (χ0n) is 13.1. The third-order valence-corrected chi connectivity index (χ3v) is 4.19. The Morgan fingerprint density at radius 1 is 1.30 bits per heavy atom. The van der Waals surface area contributed by atoms with Crippen LogP contribution in [0, 0.1) is 0 Å². The van der Waals surface area contributed by atoms with Gasteiger partial charge in [0.05, 0.1) is 12.7 Å². The van der Waals surface area contributed by atoms with Crippen LogP contribution in [0.25, 0.3) is 0 Å². The molecule has 1 aliphatic rings. The van der Waals surface area contributed by atoms with E-state index in [-0.39, 0.29) is 0 Å². The Labute approximate surface area is 123 Å². The monoisotopic (exact) mass is 276 g/mol. The van der Waals surface area contributed by atoms with Crippen LogP contribution in [0.4, 0.5) is 0 Å². The molecule has 3 heteroatoms. The summed E-state index contributed by atoms with van der Waals surface area (Å²) in [4.78, 5) is 2.43. The smallest absolute Gasteiger partial charge is 0.0826 e. The first-order valence-corrected chi connectivity index (χ1v) is 7.86. The van der Waals surface area contributed by atoms with Gasteiger partial charge in [0.1, 0.15) is 0 Å². The zero-order chi connectivity index (χ0) is 14.4. The van der Waals surface area contributed by atoms with E-state index in [9.17, 15) is 0 Å². The van der Waals surface area contributed by atoms with Gasteiger partial charge >= 0.3 is 0 Å².